The first-order chi connectivity index (χ1) is 9.72. The molecule has 0 saturated heterocycles. The van der Waals surface area contributed by atoms with Crippen molar-refractivity contribution in [2.75, 3.05) is 6.54 Å². The van der Waals surface area contributed by atoms with Crippen LogP contribution in [0.3, 0.4) is 0 Å². The predicted octanol–water partition coefficient (Wildman–Crippen LogP) is 5.92. The quantitative estimate of drug-likeness (QED) is 0.348. The van der Waals surface area contributed by atoms with Crippen molar-refractivity contribution in [3.63, 3.8) is 0 Å². The van der Waals surface area contributed by atoms with Crippen molar-refractivity contribution < 1.29 is 0 Å². The minimum Gasteiger partial charge on any atom is -0.330 e. The SMILES string of the molecule is C#CCCCCCC(C)CCCCCCN.CCCC. The molecule has 1 heteroatoms. The minimum absolute atomic E-state index is 0.852. The molecule has 0 fully saturated rings. The van der Waals surface area contributed by atoms with Crippen LogP contribution in [0.25, 0.3) is 0 Å². The summed E-state index contributed by atoms with van der Waals surface area (Å²) in [7, 11) is 0. The van der Waals surface area contributed by atoms with Crippen LogP contribution >= 0.6 is 0 Å². The Morgan fingerprint density at radius 1 is 0.850 bits per heavy atom. The van der Waals surface area contributed by atoms with E-state index in [1.807, 2.05) is 0 Å². The van der Waals surface area contributed by atoms with Crippen molar-refractivity contribution in [1.29, 1.82) is 0 Å². The second-order valence-electron chi connectivity index (χ2n) is 5.90. The maximum Gasteiger partial charge on any atom is 0.00860 e. The number of unbranched alkanes of at least 4 members (excludes halogenated alkanes) is 7. The zero-order chi connectivity index (χ0) is 15.5. The van der Waals surface area contributed by atoms with Gasteiger partial charge in [-0.15, -0.1) is 12.3 Å². The molecular formula is C19H39N. The first-order valence-corrected chi connectivity index (χ1v) is 8.86. The van der Waals surface area contributed by atoms with Gasteiger partial charge in [-0.3, -0.25) is 0 Å². The molecule has 1 unspecified atom stereocenters. The van der Waals surface area contributed by atoms with Crippen molar-refractivity contribution in [2.45, 2.75) is 97.8 Å². The van der Waals surface area contributed by atoms with E-state index in [4.69, 9.17) is 12.2 Å². The van der Waals surface area contributed by atoms with Gasteiger partial charge in [-0.25, -0.2) is 0 Å². The summed E-state index contributed by atoms with van der Waals surface area (Å²) in [5.41, 5.74) is 5.46. The fourth-order valence-electron chi connectivity index (χ4n) is 2.03. The molecule has 2 N–H and O–H groups in total. The Morgan fingerprint density at radius 3 is 1.80 bits per heavy atom. The van der Waals surface area contributed by atoms with Gasteiger partial charge in [0.15, 0.2) is 0 Å². The molecule has 0 heterocycles. The number of terminal acetylenes is 1. The Balaban J connectivity index is 0. The normalized spacial score (nSPS) is 11.3. The summed E-state index contributed by atoms with van der Waals surface area (Å²) in [6.45, 7) is 7.59. The van der Waals surface area contributed by atoms with Crippen molar-refractivity contribution in [1.82, 2.24) is 0 Å². The van der Waals surface area contributed by atoms with Crippen LogP contribution in [0.4, 0.5) is 0 Å². The third-order valence-electron chi connectivity index (χ3n) is 3.67. The second kappa shape index (κ2) is 20.8. The van der Waals surface area contributed by atoms with Crippen molar-refractivity contribution >= 4 is 0 Å². The summed E-state index contributed by atoms with van der Waals surface area (Å²) in [6.07, 6.45) is 20.7. The monoisotopic (exact) mass is 281 g/mol. The van der Waals surface area contributed by atoms with Gasteiger partial charge in [-0.05, 0) is 25.3 Å². The third-order valence-corrected chi connectivity index (χ3v) is 3.67. The predicted molar refractivity (Wildman–Crippen MR) is 93.8 cm³/mol. The molecule has 0 aliphatic rings. The van der Waals surface area contributed by atoms with Gasteiger partial charge in [0.05, 0.1) is 0 Å². The number of rotatable bonds is 12. The molecule has 0 radical (unpaired) electrons. The molecule has 0 aliphatic carbocycles. The summed E-state index contributed by atoms with van der Waals surface area (Å²) < 4.78 is 0. The van der Waals surface area contributed by atoms with Gasteiger partial charge in [-0.2, -0.15) is 0 Å². The molecule has 1 nitrogen and oxygen atoms in total. The molecule has 0 amide bonds. The fraction of sp³-hybridized carbons (Fsp3) is 0.895. The Labute approximate surface area is 129 Å². The number of nitrogens with two attached hydrogens (primary N) is 1. The van der Waals surface area contributed by atoms with Crippen molar-refractivity contribution in [3.05, 3.63) is 0 Å². The highest BCUT2D eigenvalue weighted by Crippen LogP contribution is 2.17. The van der Waals surface area contributed by atoms with Crippen molar-refractivity contribution in [2.24, 2.45) is 11.7 Å². The topological polar surface area (TPSA) is 26.0 Å². The van der Waals surface area contributed by atoms with Crippen LogP contribution in [-0.2, 0) is 0 Å². The molecule has 0 aromatic heterocycles. The van der Waals surface area contributed by atoms with Gasteiger partial charge in [0.2, 0.25) is 0 Å². The summed E-state index contributed by atoms with van der Waals surface area (Å²) in [5.74, 6) is 3.59. The summed E-state index contributed by atoms with van der Waals surface area (Å²) in [5, 5.41) is 0. The summed E-state index contributed by atoms with van der Waals surface area (Å²) in [4.78, 5) is 0. The van der Waals surface area contributed by atoms with E-state index in [9.17, 15) is 0 Å². The van der Waals surface area contributed by atoms with Gasteiger partial charge >= 0.3 is 0 Å². The molecule has 0 bridgehead atoms. The van der Waals surface area contributed by atoms with E-state index in [2.05, 4.69) is 26.7 Å². The van der Waals surface area contributed by atoms with Gasteiger partial charge in [0, 0.05) is 6.42 Å². The van der Waals surface area contributed by atoms with Gasteiger partial charge in [0.1, 0.15) is 0 Å². The molecule has 0 rings (SSSR count). The number of hydrogen-bond donors (Lipinski definition) is 1. The molecule has 20 heavy (non-hydrogen) atoms. The molecular weight excluding hydrogens is 242 g/mol. The largest absolute Gasteiger partial charge is 0.330 e. The van der Waals surface area contributed by atoms with Gasteiger partial charge in [0.25, 0.3) is 0 Å². The lowest BCUT2D eigenvalue weighted by atomic mass is 9.96. The summed E-state index contributed by atoms with van der Waals surface area (Å²) >= 11 is 0. The summed E-state index contributed by atoms with van der Waals surface area (Å²) in [6, 6.07) is 0. The van der Waals surface area contributed by atoms with Gasteiger partial charge in [-0.1, -0.05) is 78.6 Å². The first kappa shape index (κ1) is 21.8. The van der Waals surface area contributed by atoms with Crippen LogP contribution in [0.5, 0.6) is 0 Å². The van der Waals surface area contributed by atoms with E-state index in [1.165, 1.54) is 70.6 Å². The third kappa shape index (κ3) is 22.7. The number of hydrogen-bond acceptors (Lipinski definition) is 1. The maximum atomic E-state index is 5.46. The van der Waals surface area contributed by atoms with Crippen LogP contribution in [0.2, 0.25) is 0 Å². The van der Waals surface area contributed by atoms with Crippen molar-refractivity contribution in [3.8, 4) is 12.3 Å². The Hall–Kier alpha value is -0.480. The van der Waals surface area contributed by atoms with E-state index in [-0.39, 0.29) is 0 Å². The van der Waals surface area contributed by atoms with Gasteiger partial charge < -0.3 is 5.73 Å². The average molecular weight is 282 g/mol. The standard InChI is InChI=1S/C15H29N.C4H10/c1-3-4-5-6-9-12-15(2)13-10-7-8-11-14-16;1-3-4-2/h1,15H,4-14,16H2,2H3;3-4H2,1-2H3. The van der Waals surface area contributed by atoms with Crippen LogP contribution in [0, 0.1) is 18.3 Å². The molecule has 0 spiro atoms. The van der Waals surface area contributed by atoms with E-state index in [1.54, 1.807) is 0 Å². The van der Waals surface area contributed by atoms with E-state index >= 15 is 0 Å². The highest BCUT2D eigenvalue weighted by molar-refractivity contribution is 4.82. The van der Waals surface area contributed by atoms with Crippen LogP contribution in [0.15, 0.2) is 0 Å². The minimum atomic E-state index is 0.852. The zero-order valence-electron chi connectivity index (χ0n) is 14.4. The zero-order valence-corrected chi connectivity index (χ0v) is 14.4. The van der Waals surface area contributed by atoms with E-state index in [0.717, 1.165) is 18.9 Å². The molecule has 0 saturated carbocycles. The lowest BCUT2D eigenvalue weighted by Gasteiger charge is -2.10. The Kier molecular flexibility index (Phi) is 22.7. The molecule has 0 aromatic rings. The smallest absolute Gasteiger partial charge is 0.00860 e. The second-order valence-corrected chi connectivity index (χ2v) is 5.90. The lowest BCUT2D eigenvalue weighted by molar-refractivity contribution is 0.437. The molecule has 0 aliphatic heterocycles. The average Bonchev–Trinajstić information content (AvgIpc) is 2.47. The molecule has 1 atom stereocenters. The highest BCUT2D eigenvalue weighted by Gasteiger charge is 2.01. The molecule has 0 aromatic carbocycles. The Morgan fingerprint density at radius 2 is 1.35 bits per heavy atom. The van der Waals surface area contributed by atoms with E-state index < -0.39 is 0 Å². The van der Waals surface area contributed by atoms with Crippen LogP contribution < -0.4 is 5.73 Å². The lowest BCUT2D eigenvalue weighted by Crippen LogP contribution is -1.98. The fourth-order valence-corrected chi connectivity index (χ4v) is 2.03. The van der Waals surface area contributed by atoms with E-state index in [0.29, 0.717) is 0 Å². The van der Waals surface area contributed by atoms with Crippen LogP contribution in [-0.4, -0.2) is 6.54 Å². The van der Waals surface area contributed by atoms with Crippen LogP contribution in [0.1, 0.15) is 97.8 Å². The highest BCUT2D eigenvalue weighted by atomic mass is 14.5. The maximum absolute atomic E-state index is 5.46. The molecule has 120 valence electrons. The Bertz CT molecular complexity index is 190. The first-order valence-electron chi connectivity index (χ1n) is 8.86.